The van der Waals surface area contributed by atoms with E-state index < -0.39 is 16.0 Å². The highest BCUT2D eigenvalue weighted by molar-refractivity contribution is 7.89. The summed E-state index contributed by atoms with van der Waals surface area (Å²) >= 11 is 0. The van der Waals surface area contributed by atoms with Crippen LogP contribution >= 0.6 is 0 Å². The predicted molar refractivity (Wildman–Crippen MR) is 96.9 cm³/mol. The van der Waals surface area contributed by atoms with Gasteiger partial charge in [-0.25, -0.2) is 13.2 Å². The lowest BCUT2D eigenvalue weighted by Crippen LogP contribution is -2.40. The van der Waals surface area contributed by atoms with Gasteiger partial charge in [-0.05, 0) is 31.0 Å². The number of benzene rings is 1. The van der Waals surface area contributed by atoms with Gasteiger partial charge in [0.1, 0.15) is 6.61 Å². The smallest absolute Gasteiger partial charge is 0.338 e. The number of aryl methyl sites for hydroxylation is 1. The first-order valence-electron chi connectivity index (χ1n) is 9.03. The highest BCUT2D eigenvalue weighted by Crippen LogP contribution is 2.22. The molecule has 9 heteroatoms. The zero-order valence-corrected chi connectivity index (χ0v) is 16.2. The zero-order chi connectivity index (χ0) is 19.4. The van der Waals surface area contributed by atoms with E-state index in [-0.39, 0.29) is 23.0 Å². The van der Waals surface area contributed by atoms with Crippen molar-refractivity contribution < 1.29 is 27.5 Å². The minimum atomic E-state index is -3.70. The summed E-state index contributed by atoms with van der Waals surface area (Å²) in [4.78, 5) is 25.6. The number of hydrogen-bond donors (Lipinski definition) is 0. The number of nitrogens with zero attached hydrogens (tertiary/aromatic N) is 2. The van der Waals surface area contributed by atoms with E-state index in [0.717, 1.165) is 6.42 Å². The minimum Gasteiger partial charge on any atom is -0.460 e. The Bertz CT molecular complexity index is 817. The Kier molecular flexibility index (Phi) is 6.13. The summed E-state index contributed by atoms with van der Waals surface area (Å²) in [6.45, 7) is 4.12. The van der Waals surface area contributed by atoms with Crippen molar-refractivity contribution >= 4 is 21.9 Å². The molecule has 0 saturated carbocycles. The molecule has 2 saturated heterocycles. The number of rotatable bonds is 6. The molecule has 2 aliphatic rings. The average molecular weight is 396 g/mol. The second kappa shape index (κ2) is 8.37. The fraction of sp³-hybridized carbons (Fsp3) is 0.556. The summed E-state index contributed by atoms with van der Waals surface area (Å²) in [5.74, 6) is -0.527. The highest BCUT2D eigenvalue weighted by atomic mass is 32.2. The van der Waals surface area contributed by atoms with E-state index in [4.69, 9.17) is 9.47 Å². The van der Waals surface area contributed by atoms with Gasteiger partial charge in [0.15, 0.2) is 0 Å². The van der Waals surface area contributed by atoms with Gasteiger partial charge in [0.25, 0.3) is 0 Å². The van der Waals surface area contributed by atoms with E-state index in [1.54, 1.807) is 24.0 Å². The van der Waals surface area contributed by atoms with Gasteiger partial charge in [0.05, 0.1) is 30.2 Å². The van der Waals surface area contributed by atoms with Gasteiger partial charge in [0.2, 0.25) is 15.9 Å². The molecule has 2 heterocycles. The maximum Gasteiger partial charge on any atom is 0.338 e. The molecule has 0 spiro atoms. The lowest BCUT2D eigenvalue weighted by Gasteiger charge is -2.26. The Balaban J connectivity index is 1.68. The molecule has 1 aromatic carbocycles. The first kappa shape index (κ1) is 19.8. The van der Waals surface area contributed by atoms with Crippen LogP contribution < -0.4 is 0 Å². The van der Waals surface area contributed by atoms with Crippen LogP contribution in [0.2, 0.25) is 0 Å². The number of hydrogen-bond acceptors (Lipinski definition) is 6. The second-order valence-electron chi connectivity index (χ2n) is 6.62. The molecule has 27 heavy (non-hydrogen) atoms. The molecular formula is C18H24N2O6S. The van der Waals surface area contributed by atoms with Crippen LogP contribution in [0.4, 0.5) is 0 Å². The minimum absolute atomic E-state index is 0.0697. The lowest BCUT2D eigenvalue weighted by atomic mass is 10.1. The molecule has 0 aliphatic carbocycles. The fourth-order valence-corrected chi connectivity index (χ4v) is 4.86. The number of ether oxygens (including phenoxy) is 2. The van der Waals surface area contributed by atoms with Crippen LogP contribution in [0, 0.1) is 6.92 Å². The van der Waals surface area contributed by atoms with Crippen molar-refractivity contribution in [1.29, 1.82) is 0 Å². The van der Waals surface area contributed by atoms with E-state index in [1.165, 1.54) is 10.4 Å². The van der Waals surface area contributed by atoms with Crippen molar-refractivity contribution in [2.45, 2.75) is 24.7 Å². The first-order chi connectivity index (χ1) is 12.9. The topological polar surface area (TPSA) is 93.2 Å². The number of carbonyl (C=O) groups is 2. The second-order valence-corrected chi connectivity index (χ2v) is 8.52. The largest absolute Gasteiger partial charge is 0.460 e. The van der Waals surface area contributed by atoms with Crippen LogP contribution in [0.15, 0.2) is 23.1 Å². The van der Waals surface area contributed by atoms with Gasteiger partial charge in [-0.15, -0.1) is 0 Å². The number of likely N-dealkylation sites (tertiary alicyclic amines) is 1. The summed E-state index contributed by atoms with van der Waals surface area (Å²) in [6, 6.07) is 4.52. The maximum absolute atomic E-state index is 12.9. The molecule has 8 nitrogen and oxygen atoms in total. The van der Waals surface area contributed by atoms with Gasteiger partial charge in [-0.3, -0.25) is 4.79 Å². The summed E-state index contributed by atoms with van der Waals surface area (Å²) in [5.41, 5.74) is 0.751. The van der Waals surface area contributed by atoms with Gasteiger partial charge >= 0.3 is 5.97 Å². The summed E-state index contributed by atoms with van der Waals surface area (Å²) in [7, 11) is -3.70. The van der Waals surface area contributed by atoms with E-state index in [0.29, 0.717) is 51.4 Å². The normalized spacial score (nSPS) is 18.7. The van der Waals surface area contributed by atoms with E-state index in [9.17, 15) is 18.0 Å². The molecule has 0 bridgehead atoms. The van der Waals surface area contributed by atoms with Crippen LogP contribution in [0.1, 0.15) is 28.8 Å². The van der Waals surface area contributed by atoms with Gasteiger partial charge in [-0.2, -0.15) is 4.31 Å². The standard InChI is InChI=1S/C18H24N2O6S/c1-14-4-5-15(18(22)26-12-7-19-6-2-3-17(19)21)13-16(14)27(23,24)20-8-10-25-11-9-20/h4-5,13H,2-3,6-12H2,1H3. The molecule has 0 atom stereocenters. The van der Waals surface area contributed by atoms with Crippen molar-refractivity contribution in [1.82, 2.24) is 9.21 Å². The fourth-order valence-electron chi connectivity index (χ4n) is 3.20. The van der Waals surface area contributed by atoms with Gasteiger partial charge in [0, 0.05) is 26.1 Å². The molecule has 2 fully saturated rings. The SMILES string of the molecule is Cc1ccc(C(=O)OCCN2CCCC2=O)cc1S(=O)(=O)N1CCOCC1. The van der Waals surface area contributed by atoms with E-state index in [2.05, 4.69) is 0 Å². The van der Waals surface area contributed by atoms with Crippen molar-refractivity contribution in [3.63, 3.8) is 0 Å². The van der Waals surface area contributed by atoms with E-state index in [1.807, 2.05) is 0 Å². The third kappa shape index (κ3) is 4.48. The summed E-state index contributed by atoms with van der Waals surface area (Å²) < 4.78 is 37.6. The van der Waals surface area contributed by atoms with Crippen LogP contribution in [0.25, 0.3) is 0 Å². The summed E-state index contributed by atoms with van der Waals surface area (Å²) in [6.07, 6.45) is 1.36. The van der Waals surface area contributed by atoms with Crippen molar-refractivity contribution in [3.8, 4) is 0 Å². The molecular weight excluding hydrogens is 372 g/mol. The van der Waals surface area contributed by atoms with Crippen molar-refractivity contribution in [2.24, 2.45) is 0 Å². The summed E-state index contributed by atoms with van der Waals surface area (Å²) in [5, 5.41) is 0. The third-order valence-electron chi connectivity index (χ3n) is 4.78. The lowest BCUT2D eigenvalue weighted by molar-refractivity contribution is -0.128. The average Bonchev–Trinajstić information content (AvgIpc) is 3.07. The van der Waals surface area contributed by atoms with Crippen LogP contribution in [0.5, 0.6) is 0 Å². The van der Waals surface area contributed by atoms with E-state index >= 15 is 0 Å². The first-order valence-corrected chi connectivity index (χ1v) is 10.5. The molecule has 1 aromatic rings. The maximum atomic E-state index is 12.9. The highest BCUT2D eigenvalue weighted by Gasteiger charge is 2.28. The number of carbonyl (C=O) groups excluding carboxylic acids is 2. The molecule has 0 N–H and O–H groups in total. The Morgan fingerprint density at radius 2 is 1.96 bits per heavy atom. The zero-order valence-electron chi connectivity index (χ0n) is 15.3. The van der Waals surface area contributed by atoms with Crippen molar-refractivity contribution in [2.75, 3.05) is 46.0 Å². The molecule has 2 aliphatic heterocycles. The molecule has 0 aromatic heterocycles. The predicted octanol–water partition coefficient (Wildman–Crippen LogP) is 0.795. The molecule has 0 unspecified atom stereocenters. The Hall–Kier alpha value is -1.97. The third-order valence-corrected chi connectivity index (χ3v) is 6.82. The molecule has 148 valence electrons. The van der Waals surface area contributed by atoms with Gasteiger partial charge in [-0.1, -0.05) is 6.07 Å². The Labute approximate surface area is 159 Å². The van der Waals surface area contributed by atoms with Crippen molar-refractivity contribution in [3.05, 3.63) is 29.3 Å². The van der Waals surface area contributed by atoms with Crippen LogP contribution in [-0.4, -0.2) is 75.5 Å². The van der Waals surface area contributed by atoms with Crippen LogP contribution in [0.3, 0.4) is 0 Å². The molecule has 1 amide bonds. The quantitative estimate of drug-likeness (QED) is 0.660. The molecule has 3 rings (SSSR count). The number of esters is 1. The number of morpholine rings is 1. The number of sulfonamides is 1. The number of amides is 1. The monoisotopic (exact) mass is 396 g/mol. The van der Waals surface area contributed by atoms with Gasteiger partial charge < -0.3 is 14.4 Å². The Morgan fingerprint density at radius 3 is 2.63 bits per heavy atom. The molecule has 0 radical (unpaired) electrons. The van der Waals surface area contributed by atoms with Crippen LogP contribution in [-0.2, 0) is 24.3 Å². The Morgan fingerprint density at radius 1 is 1.22 bits per heavy atom.